The van der Waals surface area contributed by atoms with E-state index in [4.69, 9.17) is 0 Å². The lowest BCUT2D eigenvalue weighted by molar-refractivity contribution is -0.383. The summed E-state index contributed by atoms with van der Waals surface area (Å²) in [5.74, 6) is -0.273. The molecule has 1 N–H and O–H groups in total. The first kappa shape index (κ1) is 18.1. The van der Waals surface area contributed by atoms with E-state index in [9.17, 15) is 14.9 Å². The summed E-state index contributed by atoms with van der Waals surface area (Å²) in [4.78, 5) is 25.4. The molecule has 27 heavy (non-hydrogen) atoms. The van der Waals surface area contributed by atoms with Gasteiger partial charge in [0.25, 0.3) is 11.6 Å². The average molecular weight is 365 g/mol. The minimum absolute atomic E-state index is 0.0735. The standard InChI is InChI=1S/C19H19N5O3/c1-13-17(20-15-11-7-8-12-16(15)24(26)27)18(23(3)21-13)19(25)22(2)14-9-5-4-6-10-14/h4-12,20H,1-3H3. The van der Waals surface area contributed by atoms with Crippen LogP contribution in [0, 0.1) is 17.0 Å². The number of aryl methyl sites for hydroxylation is 2. The summed E-state index contributed by atoms with van der Waals surface area (Å²) in [6.45, 7) is 1.75. The van der Waals surface area contributed by atoms with Crippen molar-refractivity contribution in [1.82, 2.24) is 9.78 Å². The van der Waals surface area contributed by atoms with Crippen LogP contribution >= 0.6 is 0 Å². The van der Waals surface area contributed by atoms with Crippen molar-refractivity contribution < 1.29 is 9.72 Å². The smallest absolute Gasteiger partial charge is 0.292 e. The number of nitro groups is 1. The highest BCUT2D eigenvalue weighted by Gasteiger charge is 2.25. The number of benzene rings is 2. The van der Waals surface area contributed by atoms with Gasteiger partial charge in [0, 0.05) is 25.8 Å². The minimum atomic E-state index is -0.467. The summed E-state index contributed by atoms with van der Waals surface area (Å²) >= 11 is 0. The van der Waals surface area contributed by atoms with Crippen molar-refractivity contribution in [1.29, 1.82) is 0 Å². The molecule has 0 aliphatic heterocycles. The molecule has 0 saturated carbocycles. The Labute approximate surface area is 156 Å². The highest BCUT2D eigenvalue weighted by atomic mass is 16.6. The molecule has 2 aromatic carbocycles. The second-order valence-electron chi connectivity index (χ2n) is 6.03. The molecule has 8 nitrogen and oxygen atoms in total. The first-order valence-corrected chi connectivity index (χ1v) is 8.27. The largest absolute Gasteiger partial charge is 0.346 e. The molecule has 0 atom stereocenters. The van der Waals surface area contributed by atoms with Crippen molar-refractivity contribution in [2.45, 2.75) is 6.92 Å². The number of hydrogen-bond acceptors (Lipinski definition) is 5. The normalized spacial score (nSPS) is 10.5. The van der Waals surface area contributed by atoms with E-state index in [1.807, 2.05) is 30.3 Å². The molecule has 1 amide bonds. The lowest BCUT2D eigenvalue weighted by Gasteiger charge is -2.18. The van der Waals surface area contributed by atoms with E-state index < -0.39 is 4.92 Å². The molecule has 0 spiro atoms. The SMILES string of the molecule is Cc1nn(C)c(C(=O)N(C)c2ccccc2)c1Nc1ccccc1[N+](=O)[O-]. The number of carbonyl (C=O) groups is 1. The number of carbonyl (C=O) groups excluding carboxylic acids is 1. The number of nitro benzene ring substituents is 1. The Morgan fingerprint density at radius 3 is 2.44 bits per heavy atom. The maximum absolute atomic E-state index is 13.1. The van der Waals surface area contributed by atoms with E-state index in [1.54, 1.807) is 39.2 Å². The van der Waals surface area contributed by atoms with Gasteiger partial charge in [0.15, 0.2) is 0 Å². The topological polar surface area (TPSA) is 93.3 Å². The van der Waals surface area contributed by atoms with Gasteiger partial charge in [0.2, 0.25) is 0 Å². The monoisotopic (exact) mass is 365 g/mol. The fourth-order valence-corrected chi connectivity index (χ4v) is 2.85. The minimum Gasteiger partial charge on any atom is -0.346 e. The molecule has 0 fully saturated rings. The van der Waals surface area contributed by atoms with Gasteiger partial charge in [-0.3, -0.25) is 19.6 Å². The Bertz CT molecular complexity index is 998. The van der Waals surface area contributed by atoms with Crippen LogP contribution in [0.1, 0.15) is 16.2 Å². The quantitative estimate of drug-likeness (QED) is 0.550. The van der Waals surface area contributed by atoms with Gasteiger partial charge < -0.3 is 10.2 Å². The molecular weight excluding hydrogens is 346 g/mol. The fourth-order valence-electron chi connectivity index (χ4n) is 2.85. The van der Waals surface area contributed by atoms with Crippen molar-refractivity contribution >= 4 is 28.7 Å². The predicted molar refractivity (Wildman–Crippen MR) is 103 cm³/mol. The summed E-state index contributed by atoms with van der Waals surface area (Å²) in [5.41, 5.74) is 2.29. The van der Waals surface area contributed by atoms with Crippen molar-refractivity contribution in [2.24, 2.45) is 7.05 Å². The van der Waals surface area contributed by atoms with Gasteiger partial charge in [-0.2, -0.15) is 5.10 Å². The number of nitrogens with one attached hydrogen (secondary N) is 1. The van der Waals surface area contributed by atoms with Gasteiger partial charge in [0.05, 0.1) is 16.3 Å². The van der Waals surface area contributed by atoms with Crippen LogP contribution < -0.4 is 10.2 Å². The van der Waals surface area contributed by atoms with Gasteiger partial charge in [-0.15, -0.1) is 0 Å². The zero-order chi connectivity index (χ0) is 19.6. The number of amides is 1. The molecular formula is C19H19N5O3. The predicted octanol–water partition coefficient (Wildman–Crippen LogP) is 3.66. The fraction of sp³-hybridized carbons (Fsp3) is 0.158. The number of aromatic nitrogens is 2. The summed E-state index contributed by atoms with van der Waals surface area (Å²) in [5, 5.41) is 18.6. The summed E-state index contributed by atoms with van der Waals surface area (Å²) in [7, 11) is 3.35. The van der Waals surface area contributed by atoms with Crippen molar-refractivity contribution in [3.05, 3.63) is 76.1 Å². The van der Waals surface area contributed by atoms with Crippen LogP contribution in [0.2, 0.25) is 0 Å². The molecule has 3 rings (SSSR count). The Morgan fingerprint density at radius 1 is 1.15 bits per heavy atom. The molecule has 0 unspecified atom stereocenters. The number of hydrogen-bond donors (Lipinski definition) is 1. The second-order valence-corrected chi connectivity index (χ2v) is 6.03. The molecule has 0 aliphatic rings. The zero-order valence-electron chi connectivity index (χ0n) is 15.2. The maximum Gasteiger partial charge on any atom is 0.292 e. The molecule has 1 aromatic heterocycles. The van der Waals surface area contributed by atoms with Gasteiger partial charge in [-0.05, 0) is 25.1 Å². The molecule has 1 heterocycles. The maximum atomic E-state index is 13.1. The van der Waals surface area contributed by atoms with E-state index >= 15 is 0 Å². The number of nitrogens with zero attached hydrogens (tertiary/aromatic N) is 4. The second kappa shape index (κ2) is 7.28. The van der Waals surface area contributed by atoms with Gasteiger partial charge >= 0.3 is 0 Å². The van der Waals surface area contributed by atoms with E-state index in [-0.39, 0.29) is 11.6 Å². The van der Waals surface area contributed by atoms with E-state index in [1.165, 1.54) is 15.6 Å². The Balaban J connectivity index is 2.02. The van der Waals surface area contributed by atoms with E-state index in [0.29, 0.717) is 22.8 Å². The molecule has 0 aliphatic carbocycles. The number of para-hydroxylation sites is 3. The molecule has 138 valence electrons. The first-order valence-electron chi connectivity index (χ1n) is 8.27. The van der Waals surface area contributed by atoms with Gasteiger partial charge in [0.1, 0.15) is 11.4 Å². The third kappa shape index (κ3) is 3.50. The third-order valence-corrected chi connectivity index (χ3v) is 4.23. The highest BCUT2D eigenvalue weighted by Crippen LogP contribution is 2.31. The summed E-state index contributed by atoms with van der Waals surface area (Å²) in [6.07, 6.45) is 0. The van der Waals surface area contributed by atoms with Crippen LogP contribution in [0.3, 0.4) is 0 Å². The zero-order valence-corrected chi connectivity index (χ0v) is 15.2. The molecule has 0 bridgehead atoms. The summed E-state index contributed by atoms with van der Waals surface area (Å²) < 4.78 is 1.48. The molecule has 8 heteroatoms. The molecule has 0 radical (unpaired) electrons. The van der Waals surface area contributed by atoms with Crippen LogP contribution in [-0.4, -0.2) is 27.7 Å². The van der Waals surface area contributed by atoms with Crippen LogP contribution in [0.15, 0.2) is 54.6 Å². The van der Waals surface area contributed by atoms with Crippen molar-refractivity contribution in [3.63, 3.8) is 0 Å². The lowest BCUT2D eigenvalue weighted by atomic mass is 10.2. The van der Waals surface area contributed by atoms with Crippen LogP contribution in [0.4, 0.5) is 22.7 Å². The third-order valence-electron chi connectivity index (χ3n) is 4.23. The highest BCUT2D eigenvalue weighted by molar-refractivity contribution is 6.09. The average Bonchev–Trinajstić information content (AvgIpc) is 2.94. The Hall–Kier alpha value is -3.68. The van der Waals surface area contributed by atoms with Gasteiger partial charge in [-0.1, -0.05) is 30.3 Å². The van der Waals surface area contributed by atoms with Crippen LogP contribution in [0.5, 0.6) is 0 Å². The van der Waals surface area contributed by atoms with Crippen molar-refractivity contribution in [2.75, 3.05) is 17.3 Å². The molecule has 0 saturated heterocycles. The number of anilines is 3. The Morgan fingerprint density at radius 2 is 1.78 bits per heavy atom. The van der Waals surface area contributed by atoms with Gasteiger partial charge in [-0.25, -0.2) is 0 Å². The summed E-state index contributed by atoms with van der Waals surface area (Å²) in [6, 6.07) is 15.5. The van der Waals surface area contributed by atoms with E-state index in [2.05, 4.69) is 10.4 Å². The van der Waals surface area contributed by atoms with Crippen molar-refractivity contribution in [3.8, 4) is 0 Å². The lowest BCUT2D eigenvalue weighted by Crippen LogP contribution is -2.28. The number of rotatable bonds is 5. The van der Waals surface area contributed by atoms with Crippen LogP contribution in [-0.2, 0) is 7.05 Å². The van der Waals surface area contributed by atoms with E-state index in [0.717, 1.165) is 5.69 Å². The van der Waals surface area contributed by atoms with Crippen LogP contribution in [0.25, 0.3) is 0 Å². The Kier molecular flexibility index (Phi) is 4.89. The first-order chi connectivity index (χ1) is 12.9. The molecule has 3 aromatic rings.